The van der Waals surface area contributed by atoms with Gasteiger partial charge in [-0.2, -0.15) is 0 Å². The molecule has 456 valence electrons. The average molecular weight is 1150 g/mol. The van der Waals surface area contributed by atoms with Crippen molar-refractivity contribution >= 4 is 5.91 Å². The number of aliphatic hydroxyl groups excluding tert-OH is 20. The third-order valence-electron chi connectivity index (χ3n) is 14.5. The van der Waals surface area contributed by atoms with Gasteiger partial charge >= 0.3 is 0 Å². The van der Waals surface area contributed by atoms with E-state index in [1.807, 2.05) is 0 Å². The Labute approximate surface area is 443 Å². The maximum absolute atomic E-state index is 13.3. The Kier molecular flexibility index (Phi) is 23.6. The fourth-order valence-electron chi connectivity index (χ4n) is 9.78. The first-order chi connectivity index (χ1) is 36.7. The normalized spacial score (nSPS) is 49.1. The van der Waals surface area contributed by atoms with Crippen LogP contribution in [0, 0.1) is 0 Å². The van der Waals surface area contributed by atoms with E-state index < -0.39 is 248 Å². The maximum Gasteiger partial charge on any atom is 0.217 e. The van der Waals surface area contributed by atoms with Gasteiger partial charge in [0.05, 0.1) is 51.3 Å². The largest absolute Gasteiger partial charge is 0.394 e. The lowest BCUT2D eigenvalue weighted by Crippen LogP contribution is -2.72. The summed E-state index contributed by atoms with van der Waals surface area (Å²) in [6.45, 7) is -0.879. The summed E-state index contributed by atoms with van der Waals surface area (Å²) >= 11 is 0. The Morgan fingerprint density at radius 3 is 1.26 bits per heavy atom. The first-order valence-corrected chi connectivity index (χ1v) is 25.1. The number of ether oxygens (including phenoxy) is 12. The highest BCUT2D eigenvalue weighted by molar-refractivity contribution is 5.73. The zero-order valence-corrected chi connectivity index (χ0v) is 42.4. The van der Waals surface area contributed by atoms with Crippen LogP contribution in [0.4, 0.5) is 0 Å². The molecule has 1 amide bonds. The molecule has 0 aliphatic carbocycles. The van der Waals surface area contributed by atoms with Crippen LogP contribution < -0.4 is 5.32 Å². The highest BCUT2D eigenvalue weighted by Crippen LogP contribution is 2.39. The minimum absolute atomic E-state index is 0.956. The van der Waals surface area contributed by atoms with Crippen molar-refractivity contribution in [1.29, 1.82) is 0 Å². The van der Waals surface area contributed by atoms with Crippen LogP contribution in [0.2, 0.25) is 0 Å². The molecular weight excluding hydrogens is 1070 g/mol. The van der Waals surface area contributed by atoms with E-state index in [1.54, 1.807) is 0 Å². The molecular formula is C44H77NO33. The maximum atomic E-state index is 13.3. The molecule has 6 fully saturated rings. The van der Waals surface area contributed by atoms with Gasteiger partial charge in [0.2, 0.25) is 5.91 Å². The first kappa shape index (κ1) is 65.3. The average Bonchev–Trinajstić information content (AvgIpc) is 3.45. The van der Waals surface area contributed by atoms with Crippen molar-refractivity contribution in [2.75, 3.05) is 33.0 Å². The number of hydrogen-bond donors (Lipinski definition) is 21. The number of aliphatic hydroxyl groups is 20. The third-order valence-corrected chi connectivity index (χ3v) is 14.5. The summed E-state index contributed by atoms with van der Waals surface area (Å²) in [7, 11) is 0. The molecule has 0 spiro atoms. The highest BCUT2D eigenvalue weighted by Gasteiger charge is 2.60. The Morgan fingerprint density at radius 2 is 0.808 bits per heavy atom. The second-order valence-electron chi connectivity index (χ2n) is 20.0. The number of carbonyl (C=O) groups is 1. The first-order valence-electron chi connectivity index (χ1n) is 25.1. The second-order valence-corrected chi connectivity index (χ2v) is 20.0. The monoisotopic (exact) mass is 1150 g/mol. The lowest BCUT2D eigenvalue weighted by Gasteiger charge is -2.52. The molecule has 34 heteroatoms. The molecule has 6 saturated heterocycles. The van der Waals surface area contributed by atoms with E-state index in [4.69, 9.17) is 56.8 Å². The molecule has 0 aromatic carbocycles. The van der Waals surface area contributed by atoms with Crippen LogP contribution in [0.5, 0.6) is 0 Å². The van der Waals surface area contributed by atoms with Crippen molar-refractivity contribution in [3.63, 3.8) is 0 Å². The van der Waals surface area contributed by atoms with Crippen molar-refractivity contribution in [3.8, 4) is 0 Å². The quantitative estimate of drug-likeness (QED) is 0.0507. The molecule has 6 aliphatic rings. The van der Waals surface area contributed by atoms with Gasteiger partial charge in [-0.1, -0.05) is 0 Å². The van der Waals surface area contributed by atoms with E-state index in [2.05, 4.69) is 5.32 Å². The lowest BCUT2D eigenvalue weighted by molar-refractivity contribution is -0.408. The van der Waals surface area contributed by atoms with E-state index in [-0.39, 0.29) is 0 Å². The van der Waals surface area contributed by atoms with Crippen LogP contribution in [-0.4, -0.2) is 350 Å². The van der Waals surface area contributed by atoms with E-state index in [0.717, 1.165) is 6.92 Å². The number of carbonyl (C=O) groups excluding carboxylic acids is 1. The zero-order valence-electron chi connectivity index (χ0n) is 42.4. The van der Waals surface area contributed by atoms with Gasteiger partial charge in [-0.3, -0.25) is 4.79 Å². The number of hydrogen-bond acceptors (Lipinski definition) is 33. The van der Waals surface area contributed by atoms with Crippen molar-refractivity contribution in [1.82, 2.24) is 5.32 Å². The molecule has 0 saturated carbocycles. The van der Waals surface area contributed by atoms with E-state index in [1.165, 1.54) is 20.8 Å². The van der Waals surface area contributed by atoms with Crippen molar-refractivity contribution in [2.24, 2.45) is 0 Å². The van der Waals surface area contributed by atoms with Crippen LogP contribution in [0.1, 0.15) is 27.7 Å². The Morgan fingerprint density at radius 1 is 0.410 bits per heavy atom. The summed E-state index contributed by atoms with van der Waals surface area (Å²) in [5, 5.41) is 218. The van der Waals surface area contributed by atoms with E-state index in [0.29, 0.717) is 0 Å². The van der Waals surface area contributed by atoms with E-state index >= 15 is 0 Å². The summed E-state index contributed by atoms with van der Waals surface area (Å²) in [5.74, 6) is -0.958. The van der Waals surface area contributed by atoms with Gasteiger partial charge in [0.1, 0.15) is 153 Å². The fourth-order valence-corrected chi connectivity index (χ4v) is 9.78. The van der Waals surface area contributed by atoms with E-state index in [9.17, 15) is 107 Å². The van der Waals surface area contributed by atoms with Crippen molar-refractivity contribution < 1.29 is 164 Å². The number of rotatable bonds is 21. The fraction of sp³-hybridized carbons (Fsp3) is 0.977. The van der Waals surface area contributed by atoms with Crippen LogP contribution in [-0.2, 0) is 61.6 Å². The predicted molar refractivity (Wildman–Crippen MR) is 241 cm³/mol. The molecule has 34 atom stereocenters. The van der Waals surface area contributed by atoms with Crippen molar-refractivity contribution in [3.05, 3.63) is 0 Å². The molecule has 78 heavy (non-hydrogen) atoms. The SMILES string of the molecule is CC(=O)N[C@H]1[C@H](O[C@H]2[C@@H](O)[C@@H](CO)O[C@@H](O[C@@H]([C@H](O)[C@@H](O)CO)[C@H](O)CO)[C@@H]2O[C@@H]2O[C@@H](C)[C@@H](O)[C@@H](O)[C@@H]2O)O[C@H](CO)[C@@H](O[C@@H]2O[C@H](CO)[C@H](O)[C@H](O)[C@H]2O[C@@H]2O[C@@H](C)[C@@H](O)[C@@H](O)[C@@H]2O)[C@@H]1O[C@@H]1O[C@@H](C)[C@@H](O)[C@@H](O)[C@@H]1O. The smallest absolute Gasteiger partial charge is 0.217 e. The molecule has 0 aromatic heterocycles. The number of amides is 1. The van der Waals surface area contributed by atoms with Gasteiger partial charge < -0.3 is 164 Å². The minimum Gasteiger partial charge on any atom is -0.394 e. The molecule has 0 unspecified atom stereocenters. The molecule has 21 N–H and O–H groups in total. The summed E-state index contributed by atoms with van der Waals surface area (Å²) in [6.07, 6.45) is -64.6. The molecule has 6 heterocycles. The summed E-state index contributed by atoms with van der Waals surface area (Å²) in [5.41, 5.74) is 0. The molecule has 0 bridgehead atoms. The van der Waals surface area contributed by atoms with Gasteiger partial charge in [0.25, 0.3) is 0 Å². The molecule has 34 nitrogen and oxygen atoms in total. The standard InChI is InChI=1S/C44H77NO33/c1-10-20(54)26(60)30(64)40(67-10)75-35-19(45-13(4)51)39(72-18(9-50)34(35)74-43-37(29(63)24(58)16(7-48)70-43)77-41-31(65)27(61)21(55)11(2)68-41)76-36-25(59)17(8-49)71-44(73-33(15(53)6-47)23(57)14(52)5-46)38(36)78-42-32(66)28(62)22(56)12(3)69-42/h10-12,14-44,46-50,52-66H,5-9H2,1-4H3,(H,45,51)/t10-,11-,12-,14-,15+,16+,17+,18+,19+,20+,21+,22+,23+,24-,25-,26+,27+,28+,29-,30-,31-,32-,33+,34+,35+,36-,37+,38+,39-,40-,41-,42-,43-,44-/m0/s1. The topological polar surface area (TPSA) is 544 Å². The molecule has 6 rings (SSSR count). The predicted octanol–water partition coefficient (Wildman–Crippen LogP) is -13.4. The van der Waals surface area contributed by atoms with Gasteiger partial charge in [0, 0.05) is 6.92 Å². The van der Waals surface area contributed by atoms with Crippen LogP contribution >= 0.6 is 0 Å². The zero-order chi connectivity index (χ0) is 57.9. The number of nitrogens with one attached hydrogen (secondary N) is 1. The molecule has 6 aliphatic heterocycles. The van der Waals surface area contributed by atoms with Crippen LogP contribution in [0.15, 0.2) is 0 Å². The molecule has 0 aromatic rings. The lowest BCUT2D eigenvalue weighted by atomic mass is 9.93. The minimum atomic E-state index is -2.27. The second kappa shape index (κ2) is 28.2. The van der Waals surface area contributed by atoms with Gasteiger partial charge in [0.15, 0.2) is 37.7 Å². The highest BCUT2D eigenvalue weighted by atomic mass is 16.8. The Hall–Kier alpha value is -1.81. The summed E-state index contributed by atoms with van der Waals surface area (Å²) < 4.78 is 71.6. The molecule has 0 radical (unpaired) electrons. The summed E-state index contributed by atoms with van der Waals surface area (Å²) in [6, 6.07) is -1.97. The van der Waals surface area contributed by atoms with Gasteiger partial charge in [-0.25, -0.2) is 0 Å². The van der Waals surface area contributed by atoms with Crippen molar-refractivity contribution in [2.45, 2.75) is 236 Å². The van der Waals surface area contributed by atoms with Crippen LogP contribution in [0.3, 0.4) is 0 Å². The third kappa shape index (κ3) is 14.0. The Bertz CT molecular complexity index is 1840. The van der Waals surface area contributed by atoms with Gasteiger partial charge in [-0.05, 0) is 20.8 Å². The van der Waals surface area contributed by atoms with Gasteiger partial charge in [-0.15, -0.1) is 0 Å². The van der Waals surface area contributed by atoms with Crippen LogP contribution in [0.25, 0.3) is 0 Å². The Balaban J connectivity index is 1.46. The summed E-state index contributed by atoms with van der Waals surface area (Å²) in [4.78, 5) is 13.3.